The van der Waals surface area contributed by atoms with E-state index in [1.165, 1.54) is 0 Å². The van der Waals surface area contributed by atoms with Crippen molar-refractivity contribution in [1.82, 2.24) is 0 Å². The summed E-state index contributed by atoms with van der Waals surface area (Å²) in [5.74, 6) is -0.389. The molecule has 4 nitrogen and oxygen atoms in total. The van der Waals surface area contributed by atoms with Gasteiger partial charge in [-0.1, -0.05) is 28.1 Å². The van der Waals surface area contributed by atoms with E-state index in [2.05, 4.69) is 15.9 Å². The van der Waals surface area contributed by atoms with Crippen molar-refractivity contribution < 1.29 is 19.7 Å². The highest BCUT2D eigenvalue weighted by atomic mass is 79.9. The molecule has 2 unspecified atom stereocenters. The summed E-state index contributed by atoms with van der Waals surface area (Å²) in [6.07, 6.45) is -1.31. The van der Waals surface area contributed by atoms with E-state index in [1.807, 2.05) is 0 Å². The number of rotatable bonds is 6. The zero-order valence-corrected chi connectivity index (χ0v) is 11.8. The summed E-state index contributed by atoms with van der Waals surface area (Å²) in [5, 5.41) is 20.1. The molecule has 0 bridgehead atoms. The standard InChI is InChI=1S/C13H17BrO4/c1-2-18-13(17)10-5-3-9(4-6-10)12(16)11(15)7-8-14/h3-6,11-12,15-16H,2,7-8H2,1H3. The van der Waals surface area contributed by atoms with E-state index >= 15 is 0 Å². The maximum atomic E-state index is 11.4. The van der Waals surface area contributed by atoms with Gasteiger partial charge in [-0.15, -0.1) is 0 Å². The molecule has 1 rings (SSSR count). The number of alkyl halides is 1. The molecule has 18 heavy (non-hydrogen) atoms. The zero-order chi connectivity index (χ0) is 13.5. The number of hydrogen-bond donors (Lipinski definition) is 2. The number of aliphatic hydroxyl groups is 2. The Balaban J connectivity index is 2.73. The van der Waals surface area contributed by atoms with Gasteiger partial charge in [-0.3, -0.25) is 0 Å². The minimum atomic E-state index is -0.946. The third-order valence-electron chi connectivity index (χ3n) is 2.53. The van der Waals surface area contributed by atoms with Gasteiger partial charge < -0.3 is 14.9 Å². The molecule has 0 saturated carbocycles. The van der Waals surface area contributed by atoms with Crippen LogP contribution in [0.2, 0.25) is 0 Å². The Morgan fingerprint density at radius 3 is 2.44 bits per heavy atom. The highest BCUT2D eigenvalue weighted by Crippen LogP contribution is 2.20. The Labute approximate surface area is 115 Å². The van der Waals surface area contributed by atoms with E-state index in [0.717, 1.165) is 0 Å². The zero-order valence-electron chi connectivity index (χ0n) is 10.2. The minimum Gasteiger partial charge on any atom is -0.462 e. The Bertz CT molecular complexity index is 377. The first kappa shape index (κ1) is 15.1. The molecule has 0 aliphatic rings. The molecule has 0 aliphatic heterocycles. The summed E-state index contributed by atoms with van der Waals surface area (Å²) in [6, 6.07) is 6.40. The number of esters is 1. The molecule has 0 radical (unpaired) electrons. The van der Waals surface area contributed by atoms with Crippen molar-refractivity contribution in [1.29, 1.82) is 0 Å². The molecule has 2 N–H and O–H groups in total. The first-order chi connectivity index (χ1) is 8.60. The molecule has 0 heterocycles. The Morgan fingerprint density at radius 1 is 1.33 bits per heavy atom. The van der Waals surface area contributed by atoms with Crippen LogP contribution in [0.1, 0.15) is 35.4 Å². The lowest BCUT2D eigenvalue weighted by molar-refractivity contribution is 0.0173. The van der Waals surface area contributed by atoms with Crippen molar-refractivity contribution in [2.75, 3.05) is 11.9 Å². The molecule has 0 aliphatic carbocycles. The molecule has 1 aromatic carbocycles. The minimum absolute atomic E-state index is 0.327. The van der Waals surface area contributed by atoms with Gasteiger partial charge in [-0.2, -0.15) is 0 Å². The highest BCUT2D eigenvalue weighted by molar-refractivity contribution is 9.09. The number of carbonyl (C=O) groups is 1. The summed E-state index contributed by atoms with van der Waals surface area (Å²) in [5.41, 5.74) is 1.01. The number of benzene rings is 1. The van der Waals surface area contributed by atoms with Gasteiger partial charge in [-0.25, -0.2) is 4.79 Å². The first-order valence-corrected chi connectivity index (χ1v) is 6.91. The van der Waals surface area contributed by atoms with E-state index in [0.29, 0.717) is 29.5 Å². The molecular formula is C13H17BrO4. The lowest BCUT2D eigenvalue weighted by atomic mass is 10.0. The summed E-state index contributed by atoms with van der Waals surface area (Å²) in [6.45, 7) is 2.07. The van der Waals surface area contributed by atoms with Crippen LogP contribution in [0.5, 0.6) is 0 Å². The lowest BCUT2D eigenvalue weighted by Gasteiger charge is -2.17. The molecule has 100 valence electrons. The molecule has 5 heteroatoms. The second kappa shape index (κ2) is 7.51. The van der Waals surface area contributed by atoms with Crippen LogP contribution in [0.4, 0.5) is 0 Å². The number of carbonyl (C=O) groups excluding carboxylic acids is 1. The maximum Gasteiger partial charge on any atom is 0.338 e. The third-order valence-corrected chi connectivity index (χ3v) is 2.99. The van der Waals surface area contributed by atoms with Crippen LogP contribution < -0.4 is 0 Å². The molecule has 0 amide bonds. The Kier molecular flexibility index (Phi) is 6.32. The van der Waals surface area contributed by atoms with Crippen LogP contribution >= 0.6 is 15.9 Å². The second-order valence-electron chi connectivity index (χ2n) is 3.83. The maximum absolute atomic E-state index is 11.4. The monoisotopic (exact) mass is 316 g/mol. The quantitative estimate of drug-likeness (QED) is 0.622. The van der Waals surface area contributed by atoms with Gasteiger partial charge in [0.1, 0.15) is 6.10 Å². The summed E-state index contributed by atoms with van der Waals surface area (Å²) < 4.78 is 4.86. The summed E-state index contributed by atoms with van der Waals surface area (Å²) >= 11 is 3.21. The van der Waals surface area contributed by atoms with Gasteiger partial charge in [0.15, 0.2) is 0 Å². The van der Waals surface area contributed by atoms with Gasteiger partial charge in [0, 0.05) is 5.33 Å². The number of aliphatic hydroxyl groups excluding tert-OH is 2. The molecular weight excluding hydrogens is 300 g/mol. The van der Waals surface area contributed by atoms with Gasteiger partial charge in [0.25, 0.3) is 0 Å². The Hall–Kier alpha value is -0.910. The van der Waals surface area contributed by atoms with Gasteiger partial charge in [0.05, 0.1) is 18.3 Å². The van der Waals surface area contributed by atoms with Crippen LogP contribution in [0.25, 0.3) is 0 Å². The third kappa shape index (κ3) is 4.08. The van der Waals surface area contributed by atoms with Crippen molar-refractivity contribution in [3.8, 4) is 0 Å². The second-order valence-corrected chi connectivity index (χ2v) is 4.63. The normalized spacial score (nSPS) is 14.0. The van der Waals surface area contributed by atoms with E-state index in [9.17, 15) is 15.0 Å². The van der Waals surface area contributed by atoms with Crippen molar-refractivity contribution in [3.63, 3.8) is 0 Å². The van der Waals surface area contributed by atoms with Crippen LogP contribution in [-0.2, 0) is 4.74 Å². The van der Waals surface area contributed by atoms with Crippen molar-refractivity contribution in [2.45, 2.75) is 25.6 Å². The largest absolute Gasteiger partial charge is 0.462 e. The average molecular weight is 317 g/mol. The molecule has 0 saturated heterocycles. The molecule has 1 aromatic rings. The number of ether oxygens (including phenoxy) is 1. The summed E-state index contributed by atoms with van der Waals surface area (Å²) in [7, 11) is 0. The average Bonchev–Trinajstić information content (AvgIpc) is 2.38. The van der Waals surface area contributed by atoms with Gasteiger partial charge in [0.2, 0.25) is 0 Å². The molecule has 0 fully saturated rings. The topological polar surface area (TPSA) is 66.8 Å². The fraction of sp³-hybridized carbons (Fsp3) is 0.462. The van der Waals surface area contributed by atoms with E-state index in [1.54, 1.807) is 31.2 Å². The van der Waals surface area contributed by atoms with Crippen LogP contribution in [0.3, 0.4) is 0 Å². The molecule has 0 aromatic heterocycles. The van der Waals surface area contributed by atoms with Crippen LogP contribution in [0.15, 0.2) is 24.3 Å². The highest BCUT2D eigenvalue weighted by Gasteiger charge is 2.18. The predicted octanol–water partition coefficient (Wildman–Crippen LogP) is 2.04. The summed E-state index contributed by atoms with van der Waals surface area (Å²) in [4.78, 5) is 11.4. The molecule has 0 spiro atoms. The van der Waals surface area contributed by atoms with Crippen LogP contribution in [-0.4, -0.2) is 34.2 Å². The smallest absolute Gasteiger partial charge is 0.338 e. The van der Waals surface area contributed by atoms with Crippen molar-refractivity contribution in [2.24, 2.45) is 0 Å². The number of hydrogen-bond acceptors (Lipinski definition) is 4. The fourth-order valence-corrected chi connectivity index (χ4v) is 1.99. The van der Waals surface area contributed by atoms with E-state index < -0.39 is 12.2 Å². The van der Waals surface area contributed by atoms with E-state index in [4.69, 9.17) is 4.74 Å². The SMILES string of the molecule is CCOC(=O)c1ccc(C(O)C(O)CCBr)cc1. The van der Waals surface area contributed by atoms with Crippen LogP contribution in [0, 0.1) is 0 Å². The van der Waals surface area contributed by atoms with Crippen molar-refractivity contribution in [3.05, 3.63) is 35.4 Å². The number of halogens is 1. The molecule has 2 atom stereocenters. The predicted molar refractivity (Wildman–Crippen MR) is 71.8 cm³/mol. The lowest BCUT2D eigenvalue weighted by Crippen LogP contribution is -2.18. The fourth-order valence-electron chi connectivity index (χ4n) is 1.52. The van der Waals surface area contributed by atoms with Gasteiger partial charge in [-0.05, 0) is 31.0 Å². The van der Waals surface area contributed by atoms with E-state index in [-0.39, 0.29) is 5.97 Å². The Morgan fingerprint density at radius 2 is 1.94 bits per heavy atom. The first-order valence-electron chi connectivity index (χ1n) is 5.79. The van der Waals surface area contributed by atoms with Gasteiger partial charge >= 0.3 is 5.97 Å². The van der Waals surface area contributed by atoms with Crippen molar-refractivity contribution >= 4 is 21.9 Å².